The summed E-state index contributed by atoms with van der Waals surface area (Å²) in [7, 11) is 0. The van der Waals surface area contributed by atoms with Crippen LogP contribution in [0.1, 0.15) is 41.0 Å². The van der Waals surface area contributed by atoms with Crippen molar-refractivity contribution in [2.45, 2.75) is 44.8 Å². The van der Waals surface area contributed by atoms with E-state index < -0.39 is 47.4 Å². The first kappa shape index (κ1) is 15.7. The number of rotatable bonds is 3. The third-order valence-electron chi connectivity index (χ3n) is 3.55. The van der Waals surface area contributed by atoms with Crippen LogP contribution in [-0.4, -0.2) is 26.8 Å². The average Bonchev–Trinajstić information content (AvgIpc) is 2.78. The maximum atomic E-state index is 13.1. The van der Waals surface area contributed by atoms with Gasteiger partial charge in [-0.25, -0.2) is 13.6 Å². The molecule has 1 atom stereocenters. The van der Waals surface area contributed by atoms with Crippen LogP contribution in [0.15, 0.2) is 0 Å². The number of hydrogen-bond acceptors (Lipinski definition) is 2. The molecule has 1 aliphatic carbocycles. The lowest BCUT2D eigenvalue weighted by Crippen LogP contribution is -2.19. The third-order valence-corrected chi connectivity index (χ3v) is 3.55. The molecular weight excluding hydrogens is 299 g/mol. The van der Waals surface area contributed by atoms with Crippen LogP contribution in [0, 0.1) is 12.8 Å². The number of halogens is 5. The molecule has 1 N–H and O–H groups in total. The zero-order chi connectivity index (χ0) is 16.0. The van der Waals surface area contributed by atoms with E-state index in [-0.39, 0.29) is 19.4 Å². The molecule has 1 saturated carbocycles. The highest BCUT2D eigenvalue weighted by molar-refractivity contribution is 5.88. The second-order valence-corrected chi connectivity index (χ2v) is 5.26. The van der Waals surface area contributed by atoms with Gasteiger partial charge < -0.3 is 5.11 Å². The lowest BCUT2D eigenvalue weighted by atomic mass is 10.1. The Hall–Kier alpha value is -1.67. The van der Waals surface area contributed by atoms with Crippen molar-refractivity contribution in [2.75, 3.05) is 0 Å². The Labute approximate surface area is 116 Å². The first-order chi connectivity index (χ1) is 9.51. The predicted molar refractivity (Wildman–Crippen MR) is 61.2 cm³/mol. The minimum absolute atomic E-state index is 0.131. The van der Waals surface area contributed by atoms with Gasteiger partial charge in [0.15, 0.2) is 5.69 Å². The van der Waals surface area contributed by atoms with Crippen LogP contribution >= 0.6 is 0 Å². The molecule has 1 aromatic rings. The number of nitrogens with zero attached hydrogens (tertiary/aromatic N) is 2. The van der Waals surface area contributed by atoms with Crippen molar-refractivity contribution in [1.29, 1.82) is 0 Å². The SMILES string of the molecule is Cc1nn(C[C@H]2CCC(F)(F)C2)c(C(=O)O)c1C(F)(F)F. The highest BCUT2D eigenvalue weighted by atomic mass is 19.4. The van der Waals surface area contributed by atoms with Gasteiger partial charge in [0.1, 0.15) is 5.56 Å². The molecule has 1 fully saturated rings. The van der Waals surface area contributed by atoms with Gasteiger partial charge in [0, 0.05) is 19.4 Å². The Kier molecular flexibility index (Phi) is 3.71. The second kappa shape index (κ2) is 4.96. The number of aromatic carboxylic acids is 1. The molecule has 0 radical (unpaired) electrons. The van der Waals surface area contributed by atoms with Crippen LogP contribution in [0.25, 0.3) is 0 Å². The van der Waals surface area contributed by atoms with Crippen LogP contribution in [0.3, 0.4) is 0 Å². The highest BCUT2D eigenvalue weighted by Crippen LogP contribution is 2.40. The van der Waals surface area contributed by atoms with E-state index in [0.717, 1.165) is 6.92 Å². The monoisotopic (exact) mass is 312 g/mol. The van der Waals surface area contributed by atoms with Crippen molar-refractivity contribution in [1.82, 2.24) is 9.78 Å². The smallest absolute Gasteiger partial charge is 0.420 e. The summed E-state index contributed by atoms with van der Waals surface area (Å²) in [6.07, 6.45) is -5.53. The van der Waals surface area contributed by atoms with E-state index in [0.29, 0.717) is 4.68 Å². The molecule has 0 amide bonds. The van der Waals surface area contributed by atoms with Crippen molar-refractivity contribution in [3.05, 3.63) is 17.0 Å². The Morgan fingerprint density at radius 3 is 2.52 bits per heavy atom. The molecule has 0 unspecified atom stereocenters. The largest absolute Gasteiger partial charge is 0.477 e. The molecule has 9 heteroatoms. The van der Waals surface area contributed by atoms with Crippen LogP contribution in [0.4, 0.5) is 22.0 Å². The Bertz CT molecular complexity index is 565. The van der Waals surface area contributed by atoms with Crippen LogP contribution in [-0.2, 0) is 12.7 Å². The van der Waals surface area contributed by atoms with E-state index in [1.54, 1.807) is 0 Å². The first-order valence-corrected chi connectivity index (χ1v) is 6.27. The van der Waals surface area contributed by atoms with Gasteiger partial charge in [-0.3, -0.25) is 4.68 Å². The summed E-state index contributed by atoms with van der Waals surface area (Å²) in [5.41, 5.74) is -2.78. The molecule has 21 heavy (non-hydrogen) atoms. The average molecular weight is 312 g/mol. The van der Waals surface area contributed by atoms with E-state index in [9.17, 15) is 26.7 Å². The zero-order valence-corrected chi connectivity index (χ0v) is 11.0. The molecule has 1 aliphatic rings. The minimum atomic E-state index is -4.85. The number of carboxylic acids is 1. The number of carboxylic acid groups (broad SMARTS) is 1. The fourth-order valence-corrected chi connectivity index (χ4v) is 2.71. The number of alkyl halides is 5. The number of aryl methyl sites for hydroxylation is 1. The van der Waals surface area contributed by atoms with E-state index in [4.69, 9.17) is 5.11 Å². The second-order valence-electron chi connectivity index (χ2n) is 5.26. The summed E-state index contributed by atoms with van der Waals surface area (Å²) in [6.45, 7) is 0.795. The lowest BCUT2D eigenvalue weighted by molar-refractivity contribution is -0.138. The first-order valence-electron chi connectivity index (χ1n) is 6.27. The normalized spacial score (nSPS) is 21.7. The van der Waals surface area contributed by atoms with E-state index in [2.05, 4.69) is 5.10 Å². The van der Waals surface area contributed by atoms with E-state index in [1.807, 2.05) is 0 Å². The van der Waals surface area contributed by atoms with Gasteiger partial charge in [0.05, 0.1) is 5.69 Å². The number of carbonyl (C=O) groups is 1. The molecule has 118 valence electrons. The van der Waals surface area contributed by atoms with Crippen LogP contribution in [0.5, 0.6) is 0 Å². The zero-order valence-electron chi connectivity index (χ0n) is 11.0. The number of aromatic nitrogens is 2. The summed E-state index contributed by atoms with van der Waals surface area (Å²) in [6, 6.07) is 0. The molecule has 0 spiro atoms. The molecule has 0 aliphatic heterocycles. The van der Waals surface area contributed by atoms with Crippen molar-refractivity contribution >= 4 is 5.97 Å². The summed E-state index contributed by atoms with van der Waals surface area (Å²) in [5, 5.41) is 12.6. The van der Waals surface area contributed by atoms with Gasteiger partial charge >= 0.3 is 12.1 Å². The Morgan fingerprint density at radius 1 is 1.48 bits per heavy atom. The molecule has 1 heterocycles. The highest BCUT2D eigenvalue weighted by Gasteiger charge is 2.43. The van der Waals surface area contributed by atoms with E-state index >= 15 is 0 Å². The molecule has 1 aromatic heterocycles. The standard InChI is InChI=1S/C12H13F5N2O2/c1-6-8(12(15,16)17)9(10(20)21)19(18-6)5-7-2-3-11(13,14)4-7/h7H,2-5H2,1H3,(H,20,21)/t7-/m0/s1. The molecule has 4 nitrogen and oxygen atoms in total. The fraction of sp³-hybridized carbons (Fsp3) is 0.667. The van der Waals surface area contributed by atoms with Crippen molar-refractivity contribution in [3.63, 3.8) is 0 Å². The molecule has 0 aromatic carbocycles. The van der Waals surface area contributed by atoms with Crippen molar-refractivity contribution in [2.24, 2.45) is 5.92 Å². The summed E-state index contributed by atoms with van der Waals surface area (Å²) >= 11 is 0. The Morgan fingerprint density at radius 2 is 2.10 bits per heavy atom. The lowest BCUT2D eigenvalue weighted by Gasteiger charge is -2.13. The van der Waals surface area contributed by atoms with E-state index in [1.165, 1.54) is 0 Å². The molecule has 2 rings (SSSR count). The van der Waals surface area contributed by atoms with Crippen molar-refractivity contribution < 1.29 is 31.9 Å². The topological polar surface area (TPSA) is 55.1 Å². The summed E-state index contributed by atoms with van der Waals surface area (Å²) in [5.74, 6) is -5.20. The van der Waals surface area contributed by atoms with Gasteiger partial charge in [-0.1, -0.05) is 0 Å². The summed E-state index contributed by atoms with van der Waals surface area (Å²) in [4.78, 5) is 11.1. The quantitative estimate of drug-likeness (QED) is 0.871. The molecule has 0 bridgehead atoms. The summed E-state index contributed by atoms with van der Waals surface area (Å²) < 4.78 is 65.5. The van der Waals surface area contributed by atoms with Gasteiger partial charge in [0.25, 0.3) is 0 Å². The van der Waals surface area contributed by atoms with Gasteiger partial charge in [-0.05, 0) is 19.3 Å². The van der Waals surface area contributed by atoms with Crippen molar-refractivity contribution in [3.8, 4) is 0 Å². The minimum Gasteiger partial charge on any atom is -0.477 e. The van der Waals surface area contributed by atoms with Crippen LogP contribution < -0.4 is 0 Å². The maximum Gasteiger partial charge on any atom is 0.420 e. The number of hydrogen-bond donors (Lipinski definition) is 1. The maximum absolute atomic E-state index is 13.1. The van der Waals surface area contributed by atoms with Gasteiger partial charge in [-0.2, -0.15) is 18.3 Å². The molecule has 0 saturated heterocycles. The Balaban J connectivity index is 2.35. The van der Waals surface area contributed by atoms with Gasteiger partial charge in [-0.15, -0.1) is 0 Å². The predicted octanol–water partition coefficient (Wildman–Crippen LogP) is 3.34. The fourth-order valence-electron chi connectivity index (χ4n) is 2.71. The van der Waals surface area contributed by atoms with Gasteiger partial charge in [0.2, 0.25) is 5.92 Å². The van der Waals surface area contributed by atoms with Crippen LogP contribution in [0.2, 0.25) is 0 Å². The third kappa shape index (κ3) is 3.16. The molecular formula is C12H13F5N2O2.